The SMILES string of the molecule is CN(C)c1nc2ncnc(N(Cc3ccn[nH]3)CC3(C)CC3)c2s1. The van der Waals surface area contributed by atoms with E-state index in [1.54, 1.807) is 23.9 Å². The molecule has 0 spiro atoms. The third-order valence-electron chi connectivity index (χ3n) is 4.44. The summed E-state index contributed by atoms with van der Waals surface area (Å²) in [6, 6.07) is 2.01. The highest BCUT2D eigenvalue weighted by atomic mass is 32.1. The number of thiazole rings is 1. The Bertz CT molecular complexity index is 835. The zero-order valence-electron chi connectivity index (χ0n) is 14.2. The lowest BCUT2D eigenvalue weighted by atomic mass is 10.1. The van der Waals surface area contributed by atoms with Crippen molar-refractivity contribution in [3.05, 3.63) is 24.3 Å². The second kappa shape index (κ2) is 5.70. The first kappa shape index (κ1) is 15.3. The molecule has 0 aromatic carbocycles. The first-order chi connectivity index (χ1) is 11.5. The molecule has 4 rings (SSSR count). The van der Waals surface area contributed by atoms with E-state index in [-0.39, 0.29) is 0 Å². The van der Waals surface area contributed by atoms with Crippen LogP contribution in [0.5, 0.6) is 0 Å². The molecule has 0 atom stereocenters. The fourth-order valence-corrected chi connectivity index (χ4v) is 3.72. The first-order valence-electron chi connectivity index (χ1n) is 8.06. The molecule has 0 aliphatic heterocycles. The van der Waals surface area contributed by atoms with Gasteiger partial charge in [-0.05, 0) is 24.3 Å². The van der Waals surface area contributed by atoms with Gasteiger partial charge in [0, 0.05) is 26.8 Å². The summed E-state index contributed by atoms with van der Waals surface area (Å²) in [6.45, 7) is 4.08. The first-order valence-corrected chi connectivity index (χ1v) is 8.88. The normalized spacial score (nSPS) is 15.6. The van der Waals surface area contributed by atoms with Crippen LogP contribution in [0.25, 0.3) is 10.3 Å². The number of rotatable bonds is 6. The summed E-state index contributed by atoms with van der Waals surface area (Å²) in [5, 5.41) is 8.08. The minimum Gasteiger partial charge on any atom is -0.354 e. The van der Waals surface area contributed by atoms with Crippen LogP contribution in [0.4, 0.5) is 10.9 Å². The molecular weight excluding hydrogens is 322 g/mol. The van der Waals surface area contributed by atoms with Crippen molar-refractivity contribution in [2.45, 2.75) is 26.3 Å². The highest BCUT2D eigenvalue weighted by molar-refractivity contribution is 7.22. The van der Waals surface area contributed by atoms with E-state index in [2.05, 4.69) is 37.0 Å². The predicted molar refractivity (Wildman–Crippen MR) is 96.5 cm³/mol. The van der Waals surface area contributed by atoms with Crippen LogP contribution in [0.2, 0.25) is 0 Å². The summed E-state index contributed by atoms with van der Waals surface area (Å²) < 4.78 is 1.05. The third kappa shape index (κ3) is 2.93. The standard InChI is InChI=1S/C16H21N7S/c1-16(5-6-16)9-23(8-11-4-7-19-21-11)14-12-13(17-10-18-14)20-15(24-12)22(2)3/h4,7,10H,5-6,8-9H2,1-3H3,(H,19,21). The van der Waals surface area contributed by atoms with Crippen LogP contribution < -0.4 is 9.80 Å². The van der Waals surface area contributed by atoms with Gasteiger partial charge in [0.15, 0.2) is 16.6 Å². The van der Waals surface area contributed by atoms with E-state index in [1.165, 1.54) is 12.8 Å². The van der Waals surface area contributed by atoms with E-state index >= 15 is 0 Å². The molecule has 0 saturated heterocycles. The number of aromatic nitrogens is 5. The lowest BCUT2D eigenvalue weighted by Gasteiger charge is -2.26. The van der Waals surface area contributed by atoms with E-state index in [0.717, 1.165) is 40.1 Å². The molecule has 0 bridgehead atoms. The molecular formula is C16H21N7S. The van der Waals surface area contributed by atoms with Crippen molar-refractivity contribution in [2.24, 2.45) is 5.41 Å². The van der Waals surface area contributed by atoms with Crippen molar-refractivity contribution < 1.29 is 0 Å². The second-order valence-electron chi connectivity index (χ2n) is 6.99. The molecule has 3 aromatic heterocycles. The number of H-pyrrole nitrogens is 1. The quantitative estimate of drug-likeness (QED) is 0.742. The molecule has 1 N–H and O–H groups in total. The average molecular weight is 343 g/mol. The van der Waals surface area contributed by atoms with Gasteiger partial charge >= 0.3 is 0 Å². The number of nitrogens with zero attached hydrogens (tertiary/aromatic N) is 6. The zero-order valence-corrected chi connectivity index (χ0v) is 15.0. The summed E-state index contributed by atoms with van der Waals surface area (Å²) in [7, 11) is 4.00. The summed E-state index contributed by atoms with van der Waals surface area (Å²) in [4.78, 5) is 17.9. The smallest absolute Gasteiger partial charge is 0.187 e. The monoisotopic (exact) mass is 343 g/mol. The number of hydrogen-bond acceptors (Lipinski definition) is 7. The molecule has 0 unspecified atom stereocenters. The van der Waals surface area contributed by atoms with Gasteiger partial charge in [0.2, 0.25) is 0 Å². The van der Waals surface area contributed by atoms with Crippen LogP contribution in [0, 0.1) is 5.41 Å². The van der Waals surface area contributed by atoms with E-state index in [4.69, 9.17) is 0 Å². The number of fused-ring (bicyclic) bond motifs is 1. The van der Waals surface area contributed by atoms with Crippen LogP contribution in [-0.2, 0) is 6.54 Å². The van der Waals surface area contributed by atoms with Crippen molar-refractivity contribution in [2.75, 3.05) is 30.4 Å². The van der Waals surface area contributed by atoms with Gasteiger partial charge in [0.05, 0.1) is 12.2 Å². The Balaban J connectivity index is 1.74. The molecule has 1 fully saturated rings. The molecule has 1 aliphatic carbocycles. The summed E-state index contributed by atoms with van der Waals surface area (Å²) in [5.74, 6) is 0.966. The largest absolute Gasteiger partial charge is 0.354 e. The maximum Gasteiger partial charge on any atom is 0.187 e. The second-order valence-corrected chi connectivity index (χ2v) is 7.97. The molecule has 0 radical (unpaired) electrons. The van der Waals surface area contributed by atoms with Gasteiger partial charge in [-0.3, -0.25) is 5.10 Å². The third-order valence-corrected chi connectivity index (χ3v) is 5.65. The van der Waals surface area contributed by atoms with Crippen molar-refractivity contribution in [1.29, 1.82) is 0 Å². The van der Waals surface area contributed by atoms with Gasteiger partial charge in [-0.15, -0.1) is 0 Å². The molecule has 3 heterocycles. The zero-order chi connectivity index (χ0) is 16.7. The van der Waals surface area contributed by atoms with Crippen molar-refractivity contribution >= 4 is 32.6 Å². The molecule has 3 aromatic rings. The Morgan fingerprint density at radius 1 is 1.29 bits per heavy atom. The van der Waals surface area contributed by atoms with Gasteiger partial charge in [-0.1, -0.05) is 18.3 Å². The van der Waals surface area contributed by atoms with Gasteiger partial charge in [0.25, 0.3) is 0 Å². The Hall–Kier alpha value is -2.22. The van der Waals surface area contributed by atoms with Crippen molar-refractivity contribution in [3.63, 3.8) is 0 Å². The molecule has 1 aliphatic rings. The molecule has 126 valence electrons. The summed E-state index contributed by atoms with van der Waals surface area (Å²) in [5.41, 5.74) is 2.24. The van der Waals surface area contributed by atoms with Crippen molar-refractivity contribution in [3.8, 4) is 0 Å². The maximum atomic E-state index is 4.61. The Kier molecular flexibility index (Phi) is 3.64. The maximum absolute atomic E-state index is 4.61. The van der Waals surface area contributed by atoms with E-state index < -0.39 is 0 Å². The van der Waals surface area contributed by atoms with Crippen molar-refractivity contribution in [1.82, 2.24) is 25.1 Å². The summed E-state index contributed by atoms with van der Waals surface area (Å²) in [6.07, 6.45) is 5.95. The fraction of sp³-hybridized carbons (Fsp3) is 0.500. The minimum atomic E-state index is 0.381. The minimum absolute atomic E-state index is 0.381. The Labute approximate surface area is 144 Å². The molecule has 0 amide bonds. The van der Waals surface area contributed by atoms with Gasteiger partial charge in [-0.25, -0.2) is 9.97 Å². The highest BCUT2D eigenvalue weighted by Gasteiger charge is 2.39. The lowest BCUT2D eigenvalue weighted by molar-refractivity contribution is 0.543. The number of hydrogen-bond donors (Lipinski definition) is 1. The molecule has 7 nitrogen and oxygen atoms in total. The fourth-order valence-electron chi connectivity index (χ4n) is 2.76. The van der Waals surface area contributed by atoms with Gasteiger partial charge in [0.1, 0.15) is 11.0 Å². The molecule has 24 heavy (non-hydrogen) atoms. The predicted octanol–water partition coefficient (Wildman–Crippen LogP) is 2.68. The van der Waals surface area contributed by atoms with Crippen LogP contribution in [0.3, 0.4) is 0 Å². The van der Waals surface area contributed by atoms with E-state index in [1.807, 2.05) is 25.1 Å². The Morgan fingerprint density at radius 2 is 2.12 bits per heavy atom. The average Bonchev–Trinajstić information content (AvgIpc) is 2.97. The van der Waals surface area contributed by atoms with E-state index in [9.17, 15) is 0 Å². The number of aromatic amines is 1. The van der Waals surface area contributed by atoms with Crippen LogP contribution in [0.1, 0.15) is 25.5 Å². The Morgan fingerprint density at radius 3 is 2.79 bits per heavy atom. The van der Waals surface area contributed by atoms with E-state index in [0.29, 0.717) is 5.41 Å². The van der Waals surface area contributed by atoms with Crippen LogP contribution >= 0.6 is 11.3 Å². The highest BCUT2D eigenvalue weighted by Crippen LogP contribution is 2.47. The number of anilines is 2. The van der Waals surface area contributed by atoms with Crippen LogP contribution in [-0.4, -0.2) is 45.8 Å². The topological polar surface area (TPSA) is 73.8 Å². The lowest BCUT2D eigenvalue weighted by Crippen LogP contribution is -2.30. The molecule has 1 saturated carbocycles. The number of nitrogens with one attached hydrogen (secondary N) is 1. The van der Waals surface area contributed by atoms with Gasteiger partial charge in [-0.2, -0.15) is 10.1 Å². The van der Waals surface area contributed by atoms with Gasteiger partial charge < -0.3 is 9.80 Å². The molecule has 8 heteroatoms. The summed E-state index contributed by atoms with van der Waals surface area (Å²) >= 11 is 1.64. The van der Waals surface area contributed by atoms with Crippen LogP contribution in [0.15, 0.2) is 18.6 Å².